The second kappa shape index (κ2) is 3.37. The van der Waals surface area contributed by atoms with Crippen LogP contribution in [0.1, 0.15) is 29.8 Å². The Morgan fingerprint density at radius 1 is 1.43 bits per heavy atom. The predicted octanol–water partition coefficient (Wildman–Crippen LogP) is 2.78. The topological polar surface area (TPSA) is 29.4 Å². The van der Waals surface area contributed by atoms with Gasteiger partial charge in [-0.2, -0.15) is 0 Å². The van der Waals surface area contributed by atoms with E-state index in [-0.39, 0.29) is 11.7 Å². The minimum atomic E-state index is 0.0541. The van der Waals surface area contributed by atoms with E-state index in [0.717, 1.165) is 17.7 Å². The van der Waals surface area contributed by atoms with Crippen LogP contribution < -0.4 is 0 Å². The van der Waals surface area contributed by atoms with E-state index in [1.807, 2.05) is 38.3 Å². The van der Waals surface area contributed by atoms with Crippen molar-refractivity contribution in [2.24, 2.45) is 10.9 Å². The first-order chi connectivity index (χ1) is 6.68. The first kappa shape index (κ1) is 9.13. The molecule has 1 aromatic carbocycles. The standard InChI is InChI=1S/C12H13NO/c1-8(2)12(14)10-4-3-9-5-6-13-11(9)7-10/h3-4,6-8H,5H2,1-2H3. The predicted molar refractivity (Wildman–Crippen MR) is 57.5 cm³/mol. The van der Waals surface area contributed by atoms with Crippen LogP contribution in [0.25, 0.3) is 0 Å². The Balaban J connectivity index is 2.37. The van der Waals surface area contributed by atoms with Gasteiger partial charge in [-0.25, -0.2) is 0 Å². The van der Waals surface area contributed by atoms with Crippen molar-refractivity contribution in [3.05, 3.63) is 29.3 Å². The highest BCUT2D eigenvalue weighted by Gasteiger charge is 2.13. The summed E-state index contributed by atoms with van der Waals surface area (Å²) in [5.74, 6) is 0.244. The number of carbonyl (C=O) groups excluding carboxylic acids is 1. The van der Waals surface area contributed by atoms with Crippen molar-refractivity contribution in [3.8, 4) is 0 Å². The molecule has 0 spiro atoms. The fourth-order valence-corrected chi connectivity index (χ4v) is 1.59. The Morgan fingerprint density at radius 2 is 2.21 bits per heavy atom. The molecule has 0 radical (unpaired) electrons. The second-order valence-electron chi connectivity index (χ2n) is 3.88. The lowest BCUT2D eigenvalue weighted by Crippen LogP contribution is -2.07. The molecule has 2 rings (SSSR count). The monoisotopic (exact) mass is 187 g/mol. The van der Waals surface area contributed by atoms with E-state index in [1.54, 1.807) is 0 Å². The van der Waals surface area contributed by atoms with Crippen molar-refractivity contribution in [3.63, 3.8) is 0 Å². The molecular weight excluding hydrogens is 174 g/mol. The Hall–Kier alpha value is -1.44. The van der Waals surface area contributed by atoms with Gasteiger partial charge in [-0.3, -0.25) is 9.79 Å². The molecule has 0 amide bonds. The van der Waals surface area contributed by atoms with Crippen LogP contribution in [0.15, 0.2) is 23.2 Å². The summed E-state index contributed by atoms with van der Waals surface area (Å²) in [6, 6.07) is 5.79. The van der Waals surface area contributed by atoms with Gasteiger partial charge in [-0.15, -0.1) is 0 Å². The molecule has 1 heterocycles. The average Bonchev–Trinajstić information content (AvgIpc) is 2.62. The SMILES string of the molecule is CC(C)C(=O)c1ccc2c(c1)N=CC2. The Bertz CT molecular complexity index is 405. The van der Waals surface area contributed by atoms with Crippen molar-refractivity contribution in [2.45, 2.75) is 20.3 Å². The number of ketones is 1. The van der Waals surface area contributed by atoms with Crippen LogP contribution in [0, 0.1) is 5.92 Å². The summed E-state index contributed by atoms with van der Waals surface area (Å²) in [6.45, 7) is 3.83. The third kappa shape index (κ3) is 1.48. The maximum absolute atomic E-state index is 11.7. The highest BCUT2D eigenvalue weighted by atomic mass is 16.1. The Kier molecular flexibility index (Phi) is 2.20. The van der Waals surface area contributed by atoms with Gasteiger partial charge >= 0.3 is 0 Å². The summed E-state index contributed by atoms with van der Waals surface area (Å²) in [6.07, 6.45) is 2.78. The molecule has 2 heteroatoms. The smallest absolute Gasteiger partial charge is 0.165 e. The number of aliphatic imine (C=N–C) groups is 1. The molecule has 0 fully saturated rings. The fraction of sp³-hybridized carbons (Fsp3) is 0.333. The van der Waals surface area contributed by atoms with Crippen molar-refractivity contribution in [1.82, 2.24) is 0 Å². The number of nitrogens with zero attached hydrogens (tertiary/aromatic N) is 1. The molecule has 0 unspecified atom stereocenters. The van der Waals surface area contributed by atoms with Crippen LogP contribution in [0.2, 0.25) is 0 Å². The molecule has 0 aromatic heterocycles. The number of benzene rings is 1. The molecule has 0 saturated heterocycles. The quantitative estimate of drug-likeness (QED) is 0.654. The zero-order chi connectivity index (χ0) is 10.1. The minimum absolute atomic E-state index is 0.0541. The largest absolute Gasteiger partial charge is 0.294 e. The van der Waals surface area contributed by atoms with Gasteiger partial charge in [0, 0.05) is 24.1 Å². The van der Waals surface area contributed by atoms with E-state index in [9.17, 15) is 4.79 Å². The van der Waals surface area contributed by atoms with E-state index < -0.39 is 0 Å². The summed E-state index contributed by atoms with van der Waals surface area (Å²) in [5.41, 5.74) is 2.94. The molecule has 0 bridgehead atoms. The first-order valence-electron chi connectivity index (χ1n) is 4.88. The summed E-state index contributed by atoms with van der Waals surface area (Å²) < 4.78 is 0. The average molecular weight is 187 g/mol. The molecule has 72 valence electrons. The third-order valence-corrected chi connectivity index (χ3v) is 2.44. The number of fused-ring (bicyclic) bond motifs is 1. The zero-order valence-electron chi connectivity index (χ0n) is 8.45. The van der Waals surface area contributed by atoms with E-state index in [4.69, 9.17) is 0 Å². The van der Waals surface area contributed by atoms with Gasteiger partial charge in [0.05, 0.1) is 5.69 Å². The van der Waals surface area contributed by atoms with Crippen LogP contribution in [-0.4, -0.2) is 12.0 Å². The Morgan fingerprint density at radius 3 is 2.93 bits per heavy atom. The summed E-state index contributed by atoms with van der Waals surface area (Å²) >= 11 is 0. The lowest BCUT2D eigenvalue weighted by Gasteiger charge is -2.05. The first-order valence-corrected chi connectivity index (χ1v) is 4.88. The molecule has 0 atom stereocenters. The highest BCUT2D eigenvalue weighted by molar-refractivity contribution is 5.98. The number of hydrogen-bond acceptors (Lipinski definition) is 2. The zero-order valence-corrected chi connectivity index (χ0v) is 8.45. The number of rotatable bonds is 2. The van der Waals surface area contributed by atoms with Crippen LogP contribution in [-0.2, 0) is 6.42 Å². The maximum Gasteiger partial charge on any atom is 0.165 e. The molecule has 1 aromatic rings. The lowest BCUT2D eigenvalue weighted by atomic mass is 9.99. The van der Waals surface area contributed by atoms with E-state index in [0.29, 0.717) is 0 Å². The van der Waals surface area contributed by atoms with Crippen LogP contribution >= 0.6 is 0 Å². The van der Waals surface area contributed by atoms with Gasteiger partial charge in [0.25, 0.3) is 0 Å². The maximum atomic E-state index is 11.7. The van der Waals surface area contributed by atoms with Crippen molar-refractivity contribution in [2.75, 3.05) is 0 Å². The van der Waals surface area contributed by atoms with Gasteiger partial charge in [0.2, 0.25) is 0 Å². The molecular formula is C12H13NO. The van der Waals surface area contributed by atoms with Crippen molar-refractivity contribution < 1.29 is 4.79 Å². The molecule has 1 aliphatic heterocycles. The second-order valence-corrected chi connectivity index (χ2v) is 3.88. The van der Waals surface area contributed by atoms with Crippen molar-refractivity contribution in [1.29, 1.82) is 0 Å². The van der Waals surface area contributed by atoms with Gasteiger partial charge in [-0.1, -0.05) is 26.0 Å². The van der Waals surface area contributed by atoms with Crippen LogP contribution in [0.5, 0.6) is 0 Å². The van der Waals surface area contributed by atoms with Gasteiger partial charge in [0.15, 0.2) is 5.78 Å². The van der Waals surface area contributed by atoms with Crippen LogP contribution in [0.3, 0.4) is 0 Å². The highest BCUT2D eigenvalue weighted by Crippen LogP contribution is 2.26. The Labute approximate surface area is 83.7 Å². The molecule has 0 N–H and O–H groups in total. The van der Waals surface area contributed by atoms with Crippen molar-refractivity contribution >= 4 is 17.7 Å². The van der Waals surface area contributed by atoms with Gasteiger partial charge < -0.3 is 0 Å². The number of hydrogen-bond donors (Lipinski definition) is 0. The lowest BCUT2D eigenvalue weighted by molar-refractivity contribution is 0.0939. The van der Waals surface area contributed by atoms with E-state index >= 15 is 0 Å². The van der Waals surface area contributed by atoms with Gasteiger partial charge in [-0.05, 0) is 11.6 Å². The minimum Gasteiger partial charge on any atom is -0.294 e. The molecule has 0 aliphatic carbocycles. The molecule has 2 nitrogen and oxygen atoms in total. The van der Waals surface area contributed by atoms with Crippen LogP contribution in [0.4, 0.5) is 5.69 Å². The van der Waals surface area contributed by atoms with Gasteiger partial charge in [0.1, 0.15) is 0 Å². The normalized spacial score (nSPS) is 13.4. The van der Waals surface area contributed by atoms with E-state index in [2.05, 4.69) is 4.99 Å². The molecule has 1 aliphatic rings. The number of carbonyl (C=O) groups is 1. The summed E-state index contributed by atoms with van der Waals surface area (Å²) in [7, 11) is 0. The number of Topliss-reactive ketones (excluding diaryl/α,β-unsaturated/α-hetero) is 1. The van der Waals surface area contributed by atoms with E-state index in [1.165, 1.54) is 5.56 Å². The third-order valence-electron chi connectivity index (χ3n) is 2.44. The molecule has 0 saturated carbocycles. The summed E-state index contributed by atoms with van der Waals surface area (Å²) in [4.78, 5) is 15.9. The fourth-order valence-electron chi connectivity index (χ4n) is 1.59. The molecule has 14 heavy (non-hydrogen) atoms. The summed E-state index contributed by atoms with van der Waals surface area (Å²) in [5, 5.41) is 0.